The molecule has 1 N–H and O–H groups in total. The molecule has 1 saturated heterocycles. The summed E-state index contributed by atoms with van der Waals surface area (Å²) in [5.74, 6) is -1.05. The molecular weight excluding hydrogens is 392 g/mol. The Morgan fingerprint density at radius 2 is 1.52 bits per heavy atom. The summed E-state index contributed by atoms with van der Waals surface area (Å²) < 4.78 is 5.45. The van der Waals surface area contributed by atoms with Crippen LogP contribution in [0.2, 0.25) is 0 Å². The topological polar surface area (TPSA) is 75.7 Å². The van der Waals surface area contributed by atoms with E-state index < -0.39 is 6.10 Å². The number of aryl methyl sites for hydroxylation is 3. The highest BCUT2D eigenvalue weighted by Crippen LogP contribution is 2.23. The summed E-state index contributed by atoms with van der Waals surface area (Å²) in [5.41, 5.74) is 4.30. The van der Waals surface area contributed by atoms with Crippen molar-refractivity contribution in [3.8, 4) is 0 Å². The van der Waals surface area contributed by atoms with Gasteiger partial charge in [-0.3, -0.25) is 14.4 Å². The van der Waals surface area contributed by atoms with Gasteiger partial charge in [0.2, 0.25) is 0 Å². The van der Waals surface area contributed by atoms with Crippen molar-refractivity contribution in [2.24, 2.45) is 5.92 Å². The summed E-state index contributed by atoms with van der Waals surface area (Å²) in [6, 6.07) is 13.3. The van der Waals surface area contributed by atoms with E-state index in [1.165, 1.54) is 0 Å². The molecule has 164 valence electrons. The summed E-state index contributed by atoms with van der Waals surface area (Å²) in [6.07, 6.45) is 0.168. The molecule has 3 rings (SSSR count). The molecule has 2 amide bonds. The fraction of sp³-hybridized carbons (Fsp3) is 0.400. The lowest BCUT2D eigenvalue weighted by Crippen LogP contribution is -2.42. The summed E-state index contributed by atoms with van der Waals surface area (Å²) in [6.45, 7) is 8.34. The molecule has 0 aromatic heterocycles. The largest absolute Gasteiger partial charge is 0.452 e. The number of amides is 2. The Morgan fingerprint density at radius 3 is 2.13 bits per heavy atom. The third-order valence-corrected chi connectivity index (χ3v) is 5.88. The molecule has 0 unspecified atom stereocenters. The van der Waals surface area contributed by atoms with E-state index in [0.29, 0.717) is 31.5 Å². The maximum Gasteiger partial charge on any atom is 0.309 e. The van der Waals surface area contributed by atoms with E-state index in [2.05, 4.69) is 5.32 Å². The predicted octanol–water partition coefficient (Wildman–Crippen LogP) is 4.03. The van der Waals surface area contributed by atoms with E-state index in [1.807, 2.05) is 63.2 Å². The minimum atomic E-state index is -0.891. The zero-order chi connectivity index (χ0) is 22.5. The van der Waals surface area contributed by atoms with Crippen molar-refractivity contribution in [2.45, 2.75) is 46.6 Å². The monoisotopic (exact) mass is 422 g/mol. The highest BCUT2D eigenvalue weighted by Gasteiger charge is 2.31. The van der Waals surface area contributed by atoms with Crippen LogP contribution >= 0.6 is 0 Å². The third-order valence-electron chi connectivity index (χ3n) is 5.88. The Balaban J connectivity index is 1.52. The number of nitrogens with zero attached hydrogens (tertiary/aromatic N) is 1. The zero-order valence-electron chi connectivity index (χ0n) is 18.6. The summed E-state index contributed by atoms with van der Waals surface area (Å²) in [5, 5.41) is 2.86. The number of likely N-dealkylation sites (tertiary alicyclic amines) is 1. The predicted molar refractivity (Wildman–Crippen MR) is 120 cm³/mol. The molecule has 6 heteroatoms. The number of anilines is 1. The molecule has 0 bridgehead atoms. The first kappa shape index (κ1) is 22.5. The van der Waals surface area contributed by atoms with Gasteiger partial charge in [0, 0.05) is 24.3 Å². The highest BCUT2D eigenvalue weighted by molar-refractivity contribution is 5.97. The van der Waals surface area contributed by atoms with Gasteiger partial charge < -0.3 is 15.0 Å². The van der Waals surface area contributed by atoms with E-state index in [9.17, 15) is 14.4 Å². The molecular formula is C25H30N2O4. The van der Waals surface area contributed by atoms with Crippen LogP contribution < -0.4 is 5.32 Å². The first-order valence-corrected chi connectivity index (χ1v) is 10.7. The summed E-state index contributed by atoms with van der Waals surface area (Å²) in [4.78, 5) is 39.6. The van der Waals surface area contributed by atoms with Gasteiger partial charge in [-0.1, -0.05) is 36.4 Å². The van der Waals surface area contributed by atoms with Crippen LogP contribution in [0.15, 0.2) is 42.5 Å². The number of hydrogen-bond acceptors (Lipinski definition) is 4. The van der Waals surface area contributed by atoms with Crippen LogP contribution in [0.4, 0.5) is 5.69 Å². The van der Waals surface area contributed by atoms with E-state index in [1.54, 1.807) is 11.8 Å². The van der Waals surface area contributed by atoms with Crippen LogP contribution in [0.25, 0.3) is 0 Å². The van der Waals surface area contributed by atoms with Crippen LogP contribution in [0.3, 0.4) is 0 Å². The summed E-state index contributed by atoms with van der Waals surface area (Å²) >= 11 is 0. The Labute approximate surface area is 183 Å². The van der Waals surface area contributed by atoms with Crippen LogP contribution in [0.1, 0.15) is 46.8 Å². The van der Waals surface area contributed by atoms with Crippen molar-refractivity contribution in [3.63, 3.8) is 0 Å². The van der Waals surface area contributed by atoms with Gasteiger partial charge in [0.05, 0.1) is 5.92 Å². The van der Waals surface area contributed by atoms with Crippen LogP contribution in [-0.2, 0) is 14.3 Å². The molecule has 31 heavy (non-hydrogen) atoms. The fourth-order valence-corrected chi connectivity index (χ4v) is 3.86. The number of para-hydroxylation sites is 1. The van der Waals surface area contributed by atoms with Gasteiger partial charge in [-0.05, 0) is 63.3 Å². The molecule has 0 saturated carbocycles. The van der Waals surface area contributed by atoms with Crippen LogP contribution in [0.5, 0.6) is 0 Å². The average molecular weight is 423 g/mol. The van der Waals surface area contributed by atoms with Gasteiger partial charge in [0.1, 0.15) is 0 Å². The number of ether oxygens (including phenoxy) is 1. The normalized spacial score (nSPS) is 15.3. The average Bonchev–Trinajstić information content (AvgIpc) is 2.76. The molecule has 2 aromatic rings. The quantitative estimate of drug-likeness (QED) is 0.738. The van der Waals surface area contributed by atoms with E-state index in [4.69, 9.17) is 4.74 Å². The van der Waals surface area contributed by atoms with Gasteiger partial charge in [-0.2, -0.15) is 0 Å². The molecule has 1 atom stereocenters. The van der Waals surface area contributed by atoms with Crippen LogP contribution in [0, 0.1) is 26.7 Å². The van der Waals surface area contributed by atoms with Crippen molar-refractivity contribution in [1.29, 1.82) is 0 Å². The first-order chi connectivity index (χ1) is 14.8. The van der Waals surface area contributed by atoms with Crippen molar-refractivity contribution < 1.29 is 19.1 Å². The van der Waals surface area contributed by atoms with Crippen molar-refractivity contribution in [2.75, 3.05) is 18.4 Å². The molecule has 1 fully saturated rings. The maximum absolute atomic E-state index is 12.7. The lowest BCUT2D eigenvalue weighted by atomic mass is 9.96. The number of carbonyl (C=O) groups is 3. The Morgan fingerprint density at radius 1 is 0.935 bits per heavy atom. The smallest absolute Gasteiger partial charge is 0.309 e. The van der Waals surface area contributed by atoms with Gasteiger partial charge in [-0.25, -0.2) is 0 Å². The molecule has 0 radical (unpaired) electrons. The van der Waals surface area contributed by atoms with Gasteiger partial charge in [-0.15, -0.1) is 0 Å². The second-order valence-corrected chi connectivity index (χ2v) is 8.22. The number of nitrogens with one attached hydrogen (secondary N) is 1. The molecule has 0 aliphatic carbocycles. The van der Waals surface area contributed by atoms with Gasteiger partial charge >= 0.3 is 5.97 Å². The number of esters is 1. The van der Waals surface area contributed by atoms with Crippen molar-refractivity contribution in [1.82, 2.24) is 4.90 Å². The number of piperidine rings is 1. The van der Waals surface area contributed by atoms with Crippen molar-refractivity contribution in [3.05, 3.63) is 64.7 Å². The lowest BCUT2D eigenvalue weighted by molar-refractivity contribution is -0.158. The maximum atomic E-state index is 12.7. The molecule has 6 nitrogen and oxygen atoms in total. The molecule has 2 aromatic carbocycles. The number of carbonyl (C=O) groups excluding carboxylic acids is 3. The van der Waals surface area contributed by atoms with Crippen molar-refractivity contribution >= 4 is 23.5 Å². The second-order valence-electron chi connectivity index (χ2n) is 8.22. The van der Waals surface area contributed by atoms with E-state index in [0.717, 1.165) is 22.4 Å². The number of rotatable bonds is 5. The Bertz CT molecular complexity index is 957. The Hall–Kier alpha value is -3.15. The fourth-order valence-electron chi connectivity index (χ4n) is 3.86. The molecule has 1 heterocycles. The molecule has 1 aliphatic heterocycles. The van der Waals surface area contributed by atoms with E-state index in [-0.39, 0.29) is 23.7 Å². The summed E-state index contributed by atoms with van der Waals surface area (Å²) in [7, 11) is 0. The lowest BCUT2D eigenvalue weighted by Gasteiger charge is -2.31. The van der Waals surface area contributed by atoms with Gasteiger partial charge in [0.25, 0.3) is 11.8 Å². The van der Waals surface area contributed by atoms with Crippen LogP contribution in [-0.4, -0.2) is 41.9 Å². The third kappa shape index (κ3) is 5.32. The SMILES string of the molecule is Cc1ccccc1C(=O)N1CCC(C(=O)O[C@@H](C)C(=O)Nc2c(C)cccc2C)CC1. The highest BCUT2D eigenvalue weighted by atomic mass is 16.5. The molecule has 0 spiro atoms. The number of benzene rings is 2. The minimum Gasteiger partial charge on any atom is -0.452 e. The molecule has 1 aliphatic rings. The van der Waals surface area contributed by atoms with E-state index >= 15 is 0 Å². The van der Waals surface area contributed by atoms with Gasteiger partial charge in [0.15, 0.2) is 6.10 Å². The zero-order valence-corrected chi connectivity index (χ0v) is 18.6. The Kier molecular flexibility index (Phi) is 7.10. The standard InChI is InChI=1S/C25H30N2O4/c1-16-8-5-6-11-21(16)24(29)27-14-12-20(13-15-27)25(30)31-19(4)23(28)26-22-17(2)9-7-10-18(22)3/h5-11,19-20H,12-15H2,1-4H3,(H,26,28)/t19-/m0/s1. The second kappa shape index (κ2) is 9.77. The first-order valence-electron chi connectivity index (χ1n) is 10.7. The number of hydrogen-bond donors (Lipinski definition) is 1. The minimum absolute atomic E-state index is 0.00809.